The van der Waals surface area contributed by atoms with Crippen LogP contribution in [0.4, 0.5) is 0 Å². The van der Waals surface area contributed by atoms with Crippen molar-refractivity contribution in [2.24, 2.45) is 0 Å². The van der Waals surface area contributed by atoms with Gasteiger partial charge in [0.15, 0.2) is 5.82 Å². The van der Waals surface area contributed by atoms with E-state index in [9.17, 15) is 0 Å². The Balaban J connectivity index is 1.11. The third-order valence-corrected chi connectivity index (χ3v) is 9.42. The molecule has 0 N–H and O–H groups in total. The Labute approximate surface area is 275 Å². The lowest BCUT2D eigenvalue weighted by atomic mass is 9.94. The van der Waals surface area contributed by atoms with Crippen molar-refractivity contribution < 1.29 is 8.83 Å². The lowest BCUT2D eigenvalue weighted by Crippen LogP contribution is -2.04. The smallest absolute Gasteiger partial charge is 0.228 e. The zero-order chi connectivity index (χ0) is 31.6. The number of pyridine rings is 1. The SMILES string of the molecule is C1=C(c2nc(-c3ccccc3)cc(-c3ccc(-c4nc5oc6ccccc6c5c5ccccc45)cc3)n2)c2oc3ccccc3c2CC1. The van der Waals surface area contributed by atoms with Gasteiger partial charge in [-0.25, -0.2) is 15.0 Å². The zero-order valence-electron chi connectivity index (χ0n) is 25.9. The molecule has 1 aliphatic rings. The number of aryl methyl sites for hydroxylation is 1. The molecule has 0 saturated heterocycles. The van der Waals surface area contributed by atoms with Crippen LogP contribution < -0.4 is 0 Å². The molecular weight excluding hydrogens is 590 g/mol. The van der Waals surface area contributed by atoms with E-state index in [1.54, 1.807) is 0 Å². The van der Waals surface area contributed by atoms with E-state index < -0.39 is 0 Å². The first kappa shape index (κ1) is 26.8. The molecule has 226 valence electrons. The number of allylic oxidation sites excluding steroid dienone is 1. The fraction of sp³-hybridized carbons (Fsp3) is 0.0465. The molecule has 0 atom stereocenters. The van der Waals surface area contributed by atoms with Gasteiger partial charge in [0, 0.05) is 38.4 Å². The molecule has 5 nitrogen and oxygen atoms in total. The van der Waals surface area contributed by atoms with E-state index in [1.165, 1.54) is 5.56 Å². The number of hydrogen-bond acceptors (Lipinski definition) is 5. The van der Waals surface area contributed by atoms with Gasteiger partial charge < -0.3 is 8.83 Å². The maximum absolute atomic E-state index is 6.44. The molecule has 0 amide bonds. The van der Waals surface area contributed by atoms with Crippen LogP contribution in [0.25, 0.3) is 83.2 Å². The van der Waals surface area contributed by atoms with E-state index in [4.69, 9.17) is 23.8 Å². The van der Waals surface area contributed by atoms with Crippen LogP contribution >= 0.6 is 0 Å². The molecule has 0 radical (unpaired) electrons. The van der Waals surface area contributed by atoms with Crippen molar-refractivity contribution in [2.75, 3.05) is 0 Å². The summed E-state index contributed by atoms with van der Waals surface area (Å²) in [6, 6.07) is 45.7. The van der Waals surface area contributed by atoms with E-state index in [-0.39, 0.29) is 0 Å². The molecule has 9 aromatic rings. The lowest BCUT2D eigenvalue weighted by molar-refractivity contribution is 0.590. The van der Waals surface area contributed by atoms with Crippen LogP contribution in [0.2, 0.25) is 0 Å². The number of aromatic nitrogens is 3. The Bertz CT molecular complexity index is 2720. The molecule has 0 fully saturated rings. The second-order valence-electron chi connectivity index (χ2n) is 12.3. The lowest BCUT2D eigenvalue weighted by Gasteiger charge is -2.14. The van der Waals surface area contributed by atoms with Crippen LogP contribution in [0.3, 0.4) is 0 Å². The van der Waals surface area contributed by atoms with Gasteiger partial charge in [-0.3, -0.25) is 0 Å². The monoisotopic (exact) mass is 617 g/mol. The third kappa shape index (κ3) is 4.21. The van der Waals surface area contributed by atoms with E-state index in [0.29, 0.717) is 11.5 Å². The van der Waals surface area contributed by atoms with Crippen molar-refractivity contribution in [3.05, 3.63) is 157 Å². The van der Waals surface area contributed by atoms with Crippen molar-refractivity contribution in [2.45, 2.75) is 12.8 Å². The number of rotatable bonds is 4. The van der Waals surface area contributed by atoms with E-state index in [1.807, 2.05) is 48.5 Å². The minimum absolute atomic E-state index is 0.646. The van der Waals surface area contributed by atoms with Crippen LogP contribution in [-0.2, 0) is 6.42 Å². The molecule has 0 aliphatic heterocycles. The molecule has 5 heteroatoms. The molecule has 4 heterocycles. The fourth-order valence-corrected chi connectivity index (χ4v) is 7.14. The number of furan rings is 2. The van der Waals surface area contributed by atoms with E-state index >= 15 is 0 Å². The van der Waals surface area contributed by atoms with Crippen LogP contribution in [-0.4, -0.2) is 15.0 Å². The molecule has 10 rings (SSSR count). The first-order chi connectivity index (χ1) is 23.8. The molecule has 5 aromatic carbocycles. The van der Waals surface area contributed by atoms with Crippen molar-refractivity contribution in [3.8, 4) is 33.8 Å². The second kappa shape index (κ2) is 10.6. The molecule has 0 unspecified atom stereocenters. The van der Waals surface area contributed by atoms with Crippen molar-refractivity contribution >= 4 is 49.4 Å². The minimum atomic E-state index is 0.646. The molecule has 0 bridgehead atoms. The topological polar surface area (TPSA) is 65.0 Å². The van der Waals surface area contributed by atoms with Gasteiger partial charge in [0.2, 0.25) is 5.71 Å². The number of hydrogen-bond donors (Lipinski definition) is 0. The van der Waals surface area contributed by atoms with Gasteiger partial charge in [0.05, 0.1) is 28.0 Å². The summed E-state index contributed by atoms with van der Waals surface area (Å²) in [6.45, 7) is 0. The number of nitrogens with zero attached hydrogens (tertiary/aromatic N) is 3. The third-order valence-electron chi connectivity index (χ3n) is 9.42. The first-order valence-corrected chi connectivity index (χ1v) is 16.3. The largest absolute Gasteiger partial charge is 0.456 e. The summed E-state index contributed by atoms with van der Waals surface area (Å²) < 4.78 is 12.7. The van der Waals surface area contributed by atoms with Crippen LogP contribution in [0.1, 0.15) is 23.6 Å². The fourth-order valence-electron chi connectivity index (χ4n) is 7.14. The Kier molecular flexibility index (Phi) is 5.93. The summed E-state index contributed by atoms with van der Waals surface area (Å²) in [7, 11) is 0. The zero-order valence-corrected chi connectivity index (χ0v) is 25.9. The van der Waals surface area contributed by atoms with Gasteiger partial charge in [-0.1, -0.05) is 121 Å². The van der Waals surface area contributed by atoms with Crippen LogP contribution in [0, 0.1) is 0 Å². The Morgan fingerprint density at radius 3 is 1.88 bits per heavy atom. The van der Waals surface area contributed by atoms with Crippen molar-refractivity contribution in [1.29, 1.82) is 0 Å². The Morgan fingerprint density at radius 2 is 1.10 bits per heavy atom. The van der Waals surface area contributed by atoms with Crippen molar-refractivity contribution in [1.82, 2.24) is 15.0 Å². The summed E-state index contributed by atoms with van der Waals surface area (Å²) in [5.41, 5.74) is 10.2. The highest BCUT2D eigenvalue weighted by Crippen LogP contribution is 2.40. The van der Waals surface area contributed by atoms with E-state index in [0.717, 1.165) is 96.0 Å². The Hall–Kier alpha value is -6.33. The van der Waals surface area contributed by atoms with E-state index in [2.05, 4.69) is 91.0 Å². The summed E-state index contributed by atoms with van der Waals surface area (Å²) in [6.07, 6.45) is 4.06. The molecule has 1 aliphatic carbocycles. The number of benzene rings is 5. The van der Waals surface area contributed by atoms with Gasteiger partial charge in [0.1, 0.15) is 16.9 Å². The molecule has 0 spiro atoms. The average molecular weight is 618 g/mol. The first-order valence-electron chi connectivity index (χ1n) is 16.3. The van der Waals surface area contributed by atoms with Gasteiger partial charge in [-0.2, -0.15) is 0 Å². The molecule has 48 heavy (non-hydrogen) atoms. The summed E-state index contributed by atoms with van der Waals surface area (Å²) in [4.78, 5) is 15.3. The standard InChI is InChI=1S/C43H27N3O2/c1-2-11-26(12-3-1)35-25-36(45-42(44-35)34-18-10-17-32-29-13-6-8-19-37(29)47-41(32)34)27-21-23-28(24-22-27)40-31-15-5-4-14-30(31)39-33-16-7-9-20-38(33)48-43(39)46-40/h1-9,11-16,18-25H,10,17H2. The second-order valence-corrected chi connectivity index (χ2v) is 12.3. The van der Waals surface area contributed by atoms with Crippen molar-refractivity contribution in [3.63, 3.8) is 0 Å². The van der Waals surface area contributed by atoms with Gasteiger partial charge in [0.25, 0.3) is 0 Å². The van der Waals surface area contributed by atoms with Gasteiger partial charge in [-0.05, 0) is 36.4 Å². The highest BCUT2D eigenvalue weighted by Gasteiger charge is 2.24. The minimum Gasteiger partial charge on any atom is -0.456 e. The number of fused-ring (bicyclic) bond motifs is 8. The molecular formula is C43H27N3O2. The predicted molar refractivity (Wildman–Crippen MR) is 193 cm³/mol. The highest BCUT2D eigenvalue weighted by molar-refractivity contribution is 6.20. The molecule has 0 saturated carbocycles. The summed E-state index contributed by atoms with van der Waals surface area (Å²) in [5.74, 6) is 1.53. The summed E-state index contributed by atoms with van der Waals surface area (Å²) in [5, 5.41) is 5.51. The number of para-hydroxylation sites is 2. The summed E-state index contributed by atoms with van der Waals surface area (Å²) >= 11 is 0. The van der Waals surface area contributed by atoms with Crippen LogP contribution in [0.15, 0.2) is 148 Å². The van der Waals surface area contributed by atoms with Gasteiger partial charge >= 0.3 is 0 Å². The van der Waals surface area contributed by atoms with Gasteiger partial charge in [-0.15, -0.1) is 0 Å². The highest BCUT2D eigenvalue weighted by atomic mass is 16.3. The van der Waals surface area contributed by atoms with Crippen LogP contribution in [0.5, 0.6) is 0 Å². The maximum atomic E-state index is 6.44. The maximum Gasteiger partial charge on any atom is 0.228 e. The molecule has 4 aromatic heterocycles. The average Bonchev–Trinajstić information content (AvgIpc) is 3.73. The Morgan fingerprint density at radius 1 is 0.500 bits per heavy atom. The quantitative estimate of drug-likeness (QED) is 0.197. The normalized spacial score (nSPS) is 13.0. The predicted octanol–water partition coefficient (Wildman–Crippen LogP) is 11.0.